The number of nitrogens with one attached hydrogen (secondary N) is 2. The predicted octanol–water partition coefficient (Wildman–Crippen LogP) is 10.4. The summed E-state index contributed by atoms with van der Waals surface area (Å²) in [5, 5.41) is 7.24. The van der Waals surface area contributed by atoms with Crippen molar-refractivity contribution in [2.45, 2.75) is 269 Å². The zero-order valence-corrected chi connectivity index (χ0v) is 81.0. The Balaban J connectivity index is 2.02. The average molecular weight is 1750 g/mol. The monoisotopic (exact) mass is 1750 g/mol. The lowest BCUT2D eigenvalue weighted by Gasteiger charge is -2.44. The van der Waals surface area contributed by atoms with Crippen LogP contribution in [0.4, 0.5) is 4.79 Å². The van der Waals surface area contributed by atoms with Crippen molar-refractivity contribution >= 4 is 101 Å². The standard InChI is InChI=1S/C95H150N10O18Si/c1-31-33-43-64(13)84(123-70(19)107)83(86(111)96-74(32-2)93(118)120-51-50-98(23)69(18)106)105(30)92(117)81(63(11)12)103(28)90(115)77(54-61(7)8)102(27)89(114)76(53-60(5)6)101(26)87(112)66(15)56-78(108)65(14)55-79(109)75(52-59(3)4)100(25)91(116)80(62(9)10)97-85(110)82(104(29)88(113)68(17)99(24)94(119)121-58-71-44-37-34-38-45-71)67(16)57-122-124(95(20,21)22,72-46-39-35-40-47-72)73-48-41-36-42-49-73/h31,33-42,44-49,59-68,74-77,80-84H,32,43,50-58H2,1-30H3,(H,96,111)(H,97,110)/b33-31+/t64-,65-,66+,67-,68-,74+,75+,76+,77+,80+,81+,82+,83+,84-/m1/s1. The molecule has 0 fully saturated rings. The average Bonchev–Trinajstić information content (AvgIpc) is 0.744. The van der Waals surface area contributed by atoms with E-state index in [1.54, 1.807) is 101 Å². The van der Waals surface area contributed by atoms with Gasteiger partial charge in [-0.1, -0.05) is 228 Å². The summed E-state index contributed by atoms with van der Waals surface area (Å²) in [6, 6.07) is 17.7. The number of amides is 10. The second-order valence-electron chi connectivity index (χ2n) is 36.8. The molecule has 10 amide bonds. The molecule has 29 heteroatoms. The molecule has 0 saturated heterocycles. The Morgan fingerprint density at radius 3 is 1.39 bits per heavy atom. The number of Topliss-reactive ketones (excluding diaryl/α,β-unsaturated/α-hetero) is 2. The first-order valence-corrected chi connectivity index (χ1v) is 45.8. The first kappa shape index (κ1) is 109. The molecule has 3 rings (SSSR count). The number of nitrogens with zero attached hydrogens (tertiary/aromatic N) is 8. The molecule has 0 radical (unpaired) electrons. The van der Waals surface area contributed by atoms with E-state index in [2.05, 4.69) is 31.4 Å². The SMILES string of the molecule is C/C=C/C[C@@H](C)[C@@H](OC(C)=O)[C@@H](C(=O)N[C@@H](CC)C(=O)OCCN(C)C(C)=O)N(C)C(=O)[C@H](C(C)C)N(C)C(=O)[C@H](CC(C)C)N(C)C(=O)[C@H](CC(C)C)N(C)C(=O)[C@@H](C)CC(=O)[C@H](C)CC(=O)[C@H](CC(C)C)N(C)C(=O)[C@@H](NC(=O)[C@H]([C@H](C)CO[Si](c1ccccc1)(c1ccccc1)C(C)(C)C)N(C)C(=O)[C@@H](C)N(C)C(=O)OCc1ccccc1)C(C)C. The van der Waals surface area contributed by atoms with E-state index < -0.39 is 186 Å². The summed E-state index contributed by atoms with van der Waals surface area (Å²) in [4.78, 5) is 213. The Labute approximate surface area is 740 Å². The van der Waals surface area contributed by atoms with Crippen molar-refractivity contribution in [1.82, 2.24) is 49.8 Å². The van der Waals surface area contributed by atoms with E-state index in [1.807, 2.05) is 126 Å². The van der Waals surface area contributed by atoms with Crippen molar-refractivity contribution in [3.05, 3.63) is 109 Å². The van der Waals surface area contributed by atoms with Gasteiger partial charge in [-0.05, 0) is 102 Å². The lowest BCUT2D eigenvalue weighted by molar-refractivity contribution is -0.164. The molecule has 0 bridgehead atoms. The van der Waals surface area contributed by atoms with Gasteiger partial charge < -0.3 is 63.6 Å². The number of ketones is 2. The summed E-state index contributed by atoms with van der Waals surface area (Å²) >= 11 is 0. The van der Waals surface area contributed by atoms with Crippen LogP contribution >= 0.6 is 0 Å². The Hall–Kier alpha value is -9.64. The molecule has 0 unspecified atom stereocenters. The van der Waals surface area contributed by atoms with Crippen molar-refractivity contribution in [3.8, 4) is 0 Å². The van der Waals surface area contributed by atoms with Gasteiger partial charge in [0.2, 0.25) is 53.2 Å². The summed E-state index contributed by atoms with van der Waals surface area (Å²) in [6.07, 6.45) is 1.66. The van der Waals surface area contributed by atoms with Gasteiger partial charge in [0.15, 0.2) is 5.78 Å². The fourth-order valence-corrected chi connectivity index (χ4v) is 20.5. The predicted molar refractivity (Wildman–Crippen MR) is 484 cm³/mol. The number of hydrogen-bond donors (Lipinski definition) is 2. The minimum absolute atomic E-state index is 0.0338. The van der Waals surface area contributed by atoms with Crippen molar-refractivity contribution in [3.63, 3.8) is 0 Å². The number of carbonyl (C=O) groups is 14. The molecule has 0 aliphatic carbocycles. The van der Waals surface area contributed by atoms with Crippen LogP contribution < -0.4 is 21.0 Å². The van der Waals surface area contributed by atoms with E-state index in [0.29, 0.717) is 6.42 Å². The van der Waals surface area contributed by atoms with E-state index in [1.165, 1.54) is 97.5 Å². The Kier molecular flexibility index (Phi) is 44.2. The van der Waals surface area contributed by atoms with Crippen LogP contribution in [0.2, 0.25) is 5.04 Å². The van der Waals surface area contributed by atoms with Gasteiger partial charge in [-0.3, -0.25) is 62.4 Å². The molecule has 28 nitrogen and oxygen atoms in total. The van der Waals surface area contributed by atoms with Gasteiger partial charge in [0.25, 0.3) is 8.32 Å². The maximum absolute atomic E-state index is 15.6. The highest BCUT2D eigenvalue weighted by Gasteiger charge is 2.52. The lowest BCUT2D eigenvalue weighted by Crippen LogP contribution is -2.67. The number of benzene rings is 3. The fraction of sp³-hybridized carbons (Fsp3) is 0.642. The summed E-state index contributed by atoms with van der Waals surface area (Å²) in [5.41, 5.74) is 0.739. The van der Waals surface area contributed by atoms with Gasteiger partial charge in [0.05, 0.1) is 12.6 Å². The largest absolute Gasteiger partial charge is 0.462 e. The van der Waals surface area contributed by atoms with Crippen LogP contribution in [0.1, 0.15) is 203 Å². The maximum atomic E-state index is 15.6. The number of hydrogen-bond acceptors (Lipinski definition) is 18. The van der Waals surface area contributed by atoms with Gasteiger partial charge >= 0.3 is 18.0 Å². The summed E-state index contributed by atoms with van der Waals surface area (Å²) in [7, 11) is 8.42. The van der Waals surface area contributed by atoms with E-state index in [-0.39, 0.29) is 88.6 Å². The van der Waals surface area contributed by atoms with Crippen LogP contribution in [-0.2, 0) is 87.6 Å². The van der Waals surface area contributed by atoms with E-state index in [0.717, 1.165) is 20.8 Å². The quantitative estimate of drug-likeness (QED) is 0.0230. The van der Waals surface area contributed by atoms with Gasteiger partial charge in [0.1, 0.15) is 73.4 Å². The molecule has 2 N–H and O–H groups in total. The number of rotatable bonds is 49. The Morgan fingerprint density at radius 1 is 0.476 bits per heavy atom. The van der Waals surface area contributed by atoms with E-state index >= 15 is 24.0 Å². The number of esters is 2. The number of ether oxygens (including phenoxy) is 3. The van der Waals surface area contributed by atoms with Gasteiger partial charge in [0, 0.05) is 107 Å². The third-order valence-electron chi connectivity index (χ3n) is 23.5. The Morgan fingerprint density at radius 2 is 0.927 bits per heavy atom. The molecule has 692 valence electrons. The third kappa shape index (κ3) is 30.3. The van der Waals surface area contributed by atoms with Crippen molar-refractivity contribution in [1.29, 1.82) is 0 Å². The smallest absolute Gasteiger partial charge is 0.410 e. The second-order valence-corrected chi connectivity index (χ2v) is 41.1. The second kappa shape index (κ2) is 50.5. The van der Waals surface area contributed by atoms with Gasteiger partial charge in [-0.25, -0.2) is 9.59 Å². The highest BCUT2D eigenvalue weighted by molar-refractivity contribution is 6.99. The number of likely N-dealkylation sites (N-methyl/N-ethyl adjacent to an activating group) is 8. The zero-order chi connectivity index (χ0) is 94.4. The molecule has 0 aliphatic rings. The van der Waals surface area contributed by atoms with Crippen LogP contribution in [0.3, 0.4) is 0 Å². The molecular weight excluding hydrogens is 1600 g/mol. The lowest BCUT2D eigenvalue weighted by atomic mass is 9.88. The minimum atomic E-state index is -3.25. The van der Waals surface area contributed by atoms with Crippen LogP contribution in [0.25, 0.3) is 0 Å². The summed E-state index contributed by atoms with van der Waals surface area (Å²) in [5.74, 6) is -13.1. The normalized spacial score (nSPS) is 15.2. The molecule has 0 saturated carbocycles. The van der Waals surface area contributed by atoms with Crippen LogP contribution in [0.15, 0.2) is 103 Å². The highest BCUT2D eigenvalue weighted by Crippen LogP contribution is 2.38. The molecule has 0 aliphatic heterocycles. The van der Waals surface area contributed by atoms with Crippen LogP contribution in [-0.4, -0.2) is 267 Å². The van der Waals surface area contributed by atoms with Crippen molar-refractivity contribution < 1.29 is 85.8 Å². The van der Waals surface area contributed by atoms with E-state index in [9.17, 15) is 43.2 Å². The summed E-state index contributed by atoms with van der Waals surface area (Å²) < 4.78 is 24.4. The molecule has 0 spiro atoms. The molecule has 3 aromatic carbocycles. The maximum Gasteiger partial charge on any atom is 0.410 e. The zero-order valence-electron chi connectivity index (χ0n) is 80.0. The molecule has 0 aromatic heterocycles. The number of allylic oxidation sites excluding steroid dienone is 2. The Bertz CT molecular complexity index is 4000. The van der Waals surface area contributed by atoms with Gasteiger partial charge in [-0.2, -0.15) is 0 Å². The third-order valence-corrected chi connectivity index (χ3v) is 28.5. The van der Waals surface area contributed by atoms with Crippen LogP contribution in [0.5, 0.6) is 0 Å². The fourth-order valence-electron chi connectivity index (χ4n) is 15.8. The van der Waals surface area contributed by atoms with E-state index in [4.69, 9.17) is 18.6 Å². The van der Waals surface area contributed by atoms with Crippen molar-refractivity contribution in [2.24, 2.45) is 53.3 Å². The van der Waals surface area contributed by atoms with Crippen molar-refractivity contribution in [2.75, 3.05) is 76.1 Å². The summed E-state index contributed by atoms with van der Waals surface area (Å²) in [6.45, 7) is 38.6. The molecule has 124 heavy (non-hydrogen) atoms. The molecule has 3 aromatic rings. The van der Waals surface area contributed by atoms with Gasteiger partial charge in [-0.15, -0.1) is 0 Å². The molecule has 0 heterocycles. The first-order valence-electron chi connectivity index (χ1n) is 43.9. The highest BCUT2D eigenvalue weighted by atomic mass is 28.4. The first-order chi connectivity index (χ1) is 57.8. The number of carbonyl (C=O) groups excluding carboxylic acids is 14. The molecule has 14 atom stereocenters. The van der Waals surface area contributed by atoms with Crippen LogP contribution in [0, 0.1) is 53.3 Å². The topological polar surface area (TPSA) is 326 Å². The minimum Gasteiger partial charge on any atom is -0.462 e. The molecular formula is C95H150N10O18Si.